The molecule has 10 nitrogen and oxygen atoms in total. The van der Waals surface area contributed by atoms with Gasteiger partial charge in [0, 0.05) is 39.8 Å². The maximum absolute atomic E-state index is 12.9. The number of amides is 4. The lowest BCUT2D eigenvalue weighted by atomic mass is 10.0. The first-order valence-corrected chi connectivity index (χ1v) is 11.4. The Labute approximate surface area is 194 Å². The molecule has 2 atom stereocenters. The van der Waals surface area contributed by atoms with E-state index in [1.165, 1.54) is 4.90 Å². The highest BCUT2D eigenvalue weighted by Gasteiger charge is 2.48. The molecule has 2 unspecified atom stereocenters. The molecule has 3 aliphatic rings. The van der Waals surface area contributed by atoms with Crippen LogP contribution in [-0.4, -0.2) is 102 Å². The molecule has 4 amide bonds. The van der Waals surface area contributed by atoms with E-state index in [0.29, 0.717) is 45.9 Å². The number of benzene rings is 1. The number of fused-ring (bicyclic) bond motifs is 1. The number of carbonyl (C=O) groups excluding carboxylic acids is 3. The second kappa shape index (κ2) is 9.38. The number of amidine groups is 1. The van der Waals surface area contributed by atoms with Crippen LogP contribution in [0, 0.1) is 13.8 Å². The van der Waals surface area contributed by atoms with Gasteiger partial charge in [0.1, 0.15) is 5.84 Å². The summed E-state index contributed by atoms with van der Waals surface area (Å²) in [6.45, 7) is 9.88. The highest BCUT2D eigenvalue weighted by molar-refractivity contribution is 6.04. The number of likely N-dealkylation sites (N-methyl/N-ethyl adjacent to an activating group) is 1. The number of imide groups is 1. The number of aliphatic imine (C=N–C) groups is 1. The largest absolute Gasteiger partial charge is 0.450 e. The fraction of sp³-hybridized carbons (Fsp3) is 0.565. The molecule has 4 rings (SSSR count). The van der Waals surface area contributed by atoms with Crippen LogP contribution < -0.4 is 5.32 Å². The summed E-state index contributed by atoms with van der Waals surface area (Å²) < 4.78 is 5.11. The summed E-state index contributed by atoms with van der Waals surface area (Å²) >= 11 is 0. The average molecular weight is 457 g/mol. The lowest BCUT2D eigenvalue weighted by molar-refractivity contribution is -0.127. The fourth-order valence-electron chi connectivity index (χ4n) is 4.56. The molecule has 0 radical (unpaired) electrons. The molecule has 10 heteroatoms. The number of nitrogens with one attached hydrogen (secondary N) is 1. The van der Waals surface area contributed by atoms with Crippen LogP contribution in [0.5, 0.6) is 0 Å². The Bertz CT molecular complexity index is 972. The summed E-state index contributed by atoms with van der Waals surface area (Å²) in [5, 5.41) is 2.46. The van der Waals surface area contributed by atoms with Gasteiger partial charge in [-0.25, -0.2) is 14.6 Å². The predicted molar refractivity (Wildman–Crippen MR) is 123 cm³/mol. The van der Waals surface area contributed by atoms with E-state index in [1.54, 1.807) is 18.9 Å². The first-order valence-electron chi connectivity index (χ1n) is 11.4. The van der Waals surface area contributed by atoms with Crippen molar-refractivity contribution in [2.45, 2.75) is 39.5 Å². The lowest BCUT2D eigenvalue weighted by Gasteiger charge is -2.38. The third-order valence-electron chi connectivity index (χ3n) is 6.56. The predicted octanol–water partition coefficient (Wildman–Crippen LogP) is 1.17. The number of rotatable bonds is 5. The molecule has 0 spiro atoms. The minimum Gasteiger partial charge on any atom is -0.450 e. The molecule has 0 bridgehead atoms. The zero-order valence-corrected chi connectivity index (χ0v) is 19.7. The molecule has 0 aromatic heterocycles. The van der Waals surface area contributed by atoms with Gasteiger partial charge < -0.3 is 19.4 Å². The molecule has 1 N–H and O–H groups in total. The molecule has 0 saturated carbocycles. The van der Waals surface area contributed by atoms with Gasteiger partial charge in [0.2, 0.25) is 0 Å². The van der Waals surface area contributed by atoms with Gasteiger partial charge in [0.05, 0.1) is 13.2 Å². The summed E-state index contributed by atoms with van der Waals surface area (Å²) in [7, 11) is 1.67. The van der Waals surface area contributed by atoms with E-state index < -0.39 is 18.2 Å². The van der Waals surface area contributed by atoms with Gasteiger partial charge in [-0.05, 0) is 31.9 Å². The summed E-state index contributed by atoms with van der Waals surface area (Å²) in [5.74, 6) is 0.464. The molecular formula is C23H32N6O4. The van der Waals surface area contributed by atoms with E-state index in [-0.39, 0.29) is 12.0 Å². The topological polar surface area (TPSA) is 97.8 Å². The molecule has 33 heavy (non-hydrogen) atoms. The Morgan fingerprint density at radius 2 is 1.88 bits per heavy atom. The first kappa shape index (κ1) is 23.0. The maximum atomic E-state index is 12.9. The van der Waals surface area contributed by atoms with Gasteiger partial charge in [-0.2, -0.15) is 0 Å². The second-order valence-electron chi connectivity index (χ2n) is 8.83. The second-order valence-corrected chi connectivity index (χ2v) is 8.83. The number of carbonyl (C=O) groups is 3. The normalized spacial score (nSPS) is 23.4. The molecule has 178 valence electrons. The van der Waals surface area contributed by atoms with Crippen LogP contribution in [0.3, 0.4) is 0 Å². The summed E-state index contributed by atoms with van der Waals surface area (Å²) in [5.41, 5.74) is 3.43. The Kier molecular flexibility index (Phi) is 6.55. The van der Waals surface area contributed by atoms with E-state index in [1.807, 2.05) is 11.8 Å². The number of piperazine rings is 1. The van der Waals surface area contributed by atoms with E-state index in [0.717, 1.165) is 22.5 Å². The molecule has 0 aliphatic carbocycles. The third-order valence-corrected chi connectivity index (χ3v) is 6.56. The first-order chi connectivity index (χ1) is 15.8. The molecule has 2 saturated heterocycles. The van der Waals surface area contributed by atoms with E-state index in [9.17, 15) is 14.4 Å². The fourth-order valence-corrected chi connectivity index (χ4v) is 4.56. The zero-order chi connectivity index (χ0) is 23.7. The van der Waals surface area contributed by atoms with Crippen LogP contribution in [0.4, 0.5) is 9.59 Å². The van der Waals surface area contributed by atoms with E-state index in [2.05, 4.69) is 35.3 Å². The standard InChI is InChI=1S/C23H32N6O4/c1-5-33-23(32)28-10-8-27(9-11-28)14-18-24-20-19(21(30)25-22(31)26(20)4)29(18)13-17-12-15(2)6-7-16(17)3/h6-7,12,19-20H,5,8-11,13-14H2,1-4H3,(H,25,30,31). The number of hydrogen-bond acceptors (Lipinski definition) is 7. The van der Waals surface area contributed by atoms with Gasteiger partial charge in [-0.15, -0.1) is 0 Å². The van der Waals surface area contributed by atoms with Gasteiger partial charge in [-0.3, -0.25) is 15.0 Å². The highest BCUT2D eigenvalue weighted by atomic mass is 16.6. The smallest absolute Gasteiger partial charge is 0.409 e. The minimum atomic E-state index is -0.566. The van der Waals surface area contributed by atoms with Crippen LogP contribution in [0.25, 0.3) is 0 Å². The van der Waals surface area contributed by atoms with Crippen molar-refractivity contribution in [2.24, 2.45) is 4.99 Å². The minimum absolute atomic E-state index is 0.283. The Balaban J connectivity index is 1.54. The maximum Gasteiger partial charge on any atom is 0.409 e. The van der Waals surface area contributed by atoms with E-state index in [4.69, 9.17) is 9.73 Å². The third kappa shape index (κ3) is 4.66. The number of urea groups is 1. The van der Waals surface area contributed by atoms with Crippen LogP contribution in [0.2, 0.25) is 0 Å². The van der Waals surface area contributed by atoms with Crippen LogP contribution in [0.15, 0.2) is 23.2 Å². The van der Waals surface area contributed by atoms with Crippen molar-refractivity contribution < 1.29 is 19.1 Å². The monoisotopic (exact) mass is 456 g/mol. The number of hydrogen-bond donors (Lipinski definition) is 1. The Morgan fingerprint density at radius 1 is 1.15 bits per heavy atom. The SMILES string of the molecule is CCOC(=O)N1CCN(CC2=NC3C(C(=O)NC(=O)N3C)N2Cc2cc(C)ccc2C)CC1. The summed E-state index contributed by atoms with van der Waals surface area (Å²) in [4.78, 5) is 49.4. The van der Waals surface area contributed by atoms with Crippen molar-refractivity contribution in [3.05, 3.63) is 34.9 Å². The van der Waals surface area contributed by atoms with Crippen molar-refractivity contribution in [1.29, 1.82) is 0 Å². The molecule has 2 fully saturated rings. The zero-order valence-electron chi connectivity index (χ0n) is 19.7. The number of ether oxygens (including phenoxy) is 1. The van der Waals surface area contributed by atoms with Crippen LogP contribution >= 0.6 is 0 Å². The van der Waals surface area contributed by atoms with Gasteiger partial charge in [0.15, 0.2) is 12.2 Å². The molecule has 1 aromatic rings. The molecular weight excluding hydrogens is 424 g/mol. The van der Waals surface area contributed by atoms with Crippen molar-refractivity contribution >= 4 is 23.9 Å². The average Bonchev–Trinajstić information content (AvgIpc) is 3.14. The van der Waals surface area contributed by atoms with Gasteiger partial charge in [-0.1, -0.05) is 23.8 Å². The summed E-state index contributed by atoms with van der Waals surface area (Å²) in [6.07, 6.45) is -0.832. The van der Waals surface area contributed by atoms with Crippen molar-refractivity contribution in [2.75, 3.05) is 46.4 Å². The van der Waals surface area contributed by atoms with Crippen molar-refractivity contribution in [3.8, 4) is 0 Å². The van der Waals surface area contributed by atoms with Crippen molar-refractivity contribution in [1.82, 2.24) is 24.9 Å². The molecule has 3 heterocycles. The van der Waals surface area contributed by atoms with Gasteiger partial charge in [0.25, 0.3) is 5.91 Å². The lowest BCUT2D eigenvalue weighted by Crippen LogP contribution is -2.63. The summed E-state index contributed by atoms with van der Waals surface area (Å²) in [6, 6.07) is 5.29. The molecule has 3 aliphatic heterocycles. The van der Waals surface area contributed by atoms with Crippen molar-refractivity contribution in [3.63, 3.8) is 0 Å². The van der Waals surface area contributed by atoms with E-state index >= 15 is 0 Å². The highest BCUT2D eigenvalue weighted by Crippen LogP contribution is 2.27. The van der Waals surface area contributed by atoms with Gasteiger partial charge >= 0.3 is 12.1 Å². The quantitative estimate of drug-likeness (QED) is 0.714. The van der Waals surface area contributed by atoms with Crippen LogP contribution in [0.1, 0.15) is 23.6 Å². The molecule has 1 aromatic carbocycles. The Hall–Kier alpha value is -3.14. The Morgan fingerprint density at radius 3 is 2.58 bits per heavy atom. The van der Waals surface area contributed by atoms with Crippen LogP contribution in [-0.2, 0) is 16.1 Å². The number of aryl methyl sites for hydroxylation is 2. The number of nitrogens with zero attached hydrogens (tertiary/aromatic N) is 5.